The van der Waals surface area contributed by atoms with Gasteiger partial charge < -0.3 is 15.5 Å². The zero-order chi connectivity index (χ0) is 17.3. The summed E-state index contributed by atoms with van der Waals surface area (Å²) >= 11 is 0.955. The van der Waals surface area contributed by atoms with Gasteiger partial charge in [0.1, 0.15) is 9.77 Å². The van der Waals surface area contributed by atoms with E-state index in [-0.39, 0.29) is 9.77 Å². The molecule has 2 rings (SSSR count). The molecule has 1 aromatic heterocycles. The van der Waals surface area contributed by atoms with Gasteiger partial charge in [-0.2, -0.15) is 4.31 Å². The normalized spacial score (nSPS) is 18.5. The Morgan fingerprint density at radius 3 is 2.57 bits per heavy atom. The fourth-order valence-corrected chi connectivity index (χ4v) is 4.98. The zero-order valence-electron chi connectivity index (χ0n) is 12.5. The number of amides is 1. The second-order valence-corrected chi connectivity index (χ2v) is 8.31. The summed E-state index contributed by atoms with van der Waals surface area (Å²) in [6, 6.07) is 1.36. The van der Waals surface area contributed by atoms with Crippen molar-refractivity contribution in [1.29, 1.82) is 0 Å². The van der Waals surface area contributed by atoms with E-state index < -0.39 is 34.0 Å². The third-order valence-corrected chi connectivity index (χ3v) is 6.56. The highest BCUT2D eigenvalue weighted by atomic mass is 32.2. The van der Waals surface area contributed by atoms with Crippen LogP contribution in [0.5, 0.6) is 0 Å². The van der Waals surface area contributed by atoms with Crippen LogP contribution in [0.2, 0.25) is 0 Å². The number of nitrogens with one attached hydrogen (secondary N) is 1. The van der Waals surface area contributed by atoms with Gasteiger partial charge in [-0.05, 0) is 31.2 Å². The van der Waals surface area contributed by atoms with Crippen molar-refractivity contribution in [3.05, 3.63) is 16.3 Å². The highest BCUT2D eigenvalue weighted by Gasteiger charge is 2.34. The molecule has 1 aliphatic heterocycles. The average Bonchev–Trinajstić information content (AvgIpc) is 3.15. The molecule has 8 nitrogen and oxygen atoms in total. The number of carbonyl (C=O) groups is 2. The van der Waals surface area contributed by atoms with Crippen molar-refractivity contribution in [3.63, 3.8) is 0 Å². The van der Waals surface area contributed by atoms with E-state index in [1.54, 1.807) is 0 Å². The van der Waals surface area contributed by atoms with Crippen LogP contribution in [0.1, 0.15) is 29.4 Å². The number of carboxylic acids is 1. The van der Waals surface area contributed by atoms with E-state index in [1.807, 2.05) is 0 Å². The lowest BCUT2D eigenvalue weighted by molar-refractivity contribution is -0.155. The number of sulfonamides is 1. The van der Waals surface area contributed by atoms with E-state index >= 15 is 0 Å². The van der Waals surface area contributed by atoms with E-state index in [2.05, 4.69) is 5.32 Å². The monoisotopic (exact) mass is 362 g/mol. The molecule has 10 heteroatoms. The van der Waals surface area contributed by atoms with Crippen LogP contribution in [0.3, 0.4) is 0 Å². The maximum atomic E-state index is 12.5. The minimum atomic E-state index is -3.74. The molecule has 2 heterocycles. The highest BCUT2D eigenvalue weighted by Crippen LogP contribution is 2.27. The standard InChI is InChI=1S/C13H18N2O6S2/c1-13(19,12(17)18)8-14-11(16)10-9(4-7-22-10)23(20,21)15-5-2-3-6-15/h4,7,19H,2-3,5-6,8H2,1H3,(H,14,16)(H,17,18). The summed E-state index contributed by atoms with van der Waals surface area (Å²) in [5, 5.41) is 22.2. The zero-order valence-corrected chi connectivity index (χ0v) is 14.1. The molecule has 0 aliphatic carbocycles. The molecule has 1 atom stereocenters. The van der Waals surface area contributed by atoms with Crippen LogP contribution in [-0.2, 0) is 14.8 Å². The maximum absolute atomic E-state index is 12.5. The summed E-state index contributed by atoms with van der Waals surface area (Å²) in [6.45, 7) is 1.37. The Morgan fingerprint density at radius 2 is 2.00 bits per heavy atom. The molecule has 3 N–H and O–H groups in total. The van der Waals surface area contributed by atoms with E-state index in [1.165, 1.54) is 15.8 Å². The Kier molecular flexibility index (Phi) is 5.09. The van der Waals surface area contributed by atoms with Crippen molar-refractivity contribution in [2.45, 2.75) is 30.3 Å². The molecule has 128 valence electrons. The first kappa shape index (κ1) is 17.9. The molecule has 0 radical (unpaired) electrons. The largest absolute Gasteiger partial charge is 0.479 e. The minimum absolute atomic E-state index is 0.0157. The first-order valence-electron chi connectivity index (χ1n) is 6.98. The lowest BCUT2D eigenvalue weighted by Crippen LogP contribution is -2.46. The van der Waals surface area contributed by atoms with Gasteiger partial charge in [0.15, 0.2) is 5.60 Å². The van der Waals surface area contributed by atoms with Gasteiger partial charge in [0.2, 0.25) is 10.0 Å². The Labute approximate surface area is 137 Å². The van der Waals surface area contributed by atoms with Gasteiger partial charge >= 0.3 is 5.97 Å². The van der Waals surface area contributed by atoms with Crippen LogP contribution < -0.4 is 5.32 Å². The van der Waals surface area contributed by atoms with Crippen LogP contribution >= 0.6 is 11.3 Å². The quantitative estimate of drug-likeness (QED) is 0.659. The number of aliphatic hydroxyl groups is 1. The number of hydrogen-bond acceptors (Lipinski definition) is 6. The Morgan fingerprint density at radius 1 is 1.39 bits per heavy atom. The van der Waals surface area contributed by atoms with E-state index in [0.717, 1.165) is 31.1 Å². The lowest BCUT2D eigenvalue weighted by atomic mass is 10.1. The molecule has 1 saturated heterocycles. The lowest BCUT2D eigenvalue weighted by Gasteiger charge is -2.19. The second kappa shape index (κ2) is 6.56. The Bertz CT molecular complexity index is 704. The molecule has 1 aromatic rings. The molecule has 0 bridgehead atoms. The van der Waals surface area contributed by atoms with Gasteiger partial charge in [0.25, 0.3) is 5.91 Å². The number of carboxylic acid groups (broad SMARTS) is 1. The minimum Gasteiger partial charge on any atom is -0.479 e. The van der Waals surface area contributed by atoms with Crippen molar-refractivity contribution >= 4 is 33.2 Å². The topological polar surface area (TPSA) is 124 Å². The van der Waals surface area contributed by atoms with E-state index in [0.29, 0.717) is 13.1 Å². The number of aliphatic carboxylic acids is 1. The third kappa shape index (κ3) is 3.71. The molecule has 0 aromatic carbocycles. The summed E-state index contributed by atoms with van der Waals surface area (Å²) in [4.78, 5) is 22.9. The molecule has 1 aliphatic rings. The summed E-state index contributed by atoms with van der Waals surface area (Å²) < 4.78 is 26.4. The summed E-state index contributed by atoms with van der Waals surface area (Å²) in [6.07, 6.45) is 1.57. The van der Waals surface area contributed by atoms with Crippen molar-refractivity contribution in [2.24, 2.45) is 0 Å². The molecular formula is C13H18N2O6S2. The Hall–Kier alpha value is -1.49. The van der Waals surface area contributed by atoms with E-state index in [9.17, 15) is 23.1 Å². The Balaban J connectivity index is 2.17. The first-order chi connectivity index (χ1) is 10.7. The first-order valence-corrected chi connectivity index (χ1v) is 9.30. The van der Waals surface area contributed by atoms with Crippen LogP contribution in [0, 0.1) is 0 Å². The van der Waals surface area contributed by atoms with Gasteiger partial charge in [-0.25, -0.2) is 13.2 Å². The predicted molar refractivity (Wildman–Crippen MR) is 82.9 cm³/mol. The van der Waals surface area contributed by atoms with Gasteiger partial charge in [-0.15, -0.1) is 11.3 Å². The number of nitrogens with zero attached hydrogens (tertiary/aromatic N) is 1. The summed E-state index contributed by atoms with van der Waals surface area (Å²) in [5.74, 6) is -2.20. The SMILES string of the molecule is CC(O)(CNC(=O)c1sccc1S(=O)(=O)N1CCCC1)C(=O)O. The highest BCUT2D eigenvalue weighted by molar-refractivity contribution is 7.89. The number of hydrogen-bond donors (Lipinski definition) is 3. The fraction of sp³-hybridized carbons (Fsp3) is 0.538. The van der Waals surface area contributed by atoms with Crippen LogP contribution in [0.4, 0.5) is 0 Å². The molecule has 1 fully saturated rings. The molecular weight excluding hydrogens is 344 g/mol. The van der Waals surface area contributed by atoms with Crippen LogP contribution in [0.15, 0.2) is 16.3 Å². The van der Waals surface area contributed by atoms with Crippen LogP contribution in [0.25, 0.3) is 0 Å². The summed E-state index contributed by atoms with van der Waals surface area (Å²) in [5.41, 5.74) is -2.12. The number of rotatable bonds is 6. The maximum Gasteiger partial charge on any atom is 0.337 e. The molecule has 1 amide bonds. The summed E-state index contributed by atoms with van der Waals surface area (Å²) in [7, 11) is -3.74. The second-order valence-electron chi connectivity index (χ2n) is 5.49. The average molecular weight is 362 g/mol. The van der Waals surface area contributed by atoms with Crippen molar-refractivity contribution < 1.29 is 28.2 Å². The molecule has 0 saturated carbocycles. The van der Waals surface area contributed by atoms with Crippen molar-refractivity contribution in [2.75, 3.05) is 19.6 Å². The van der Waals surface area contributed by atoms with Crippen LogP contribution in [-0.4, -0.2) is 60.0 Å². The number of carbonyl (C=O) groups excluding carboxylic acids is 1. The number of thiophene rings is 1. The fourth-order valence-electron chi connectivity index (χ4n) is 2.14. The molecule has 0 spiro atoms. The smallest absolute Gasteiger partial charge is 0.337 e. The molecule has 1 unspecified atom stereocenters. The third-order valence-electron chi connectivity index (χ3n) is 3.57. The van der Waals surface area contributed by atoms with Crippen molar-refractivity contribution in [3.8, 4) is 0 Å². The predicted octanol–water partition coefficient (Wildman–Crippen LogP) is 0.0980. The van der Waals surface area contributed by atoms with Crippen molar-refractivity contribution in [1.82, 2.24) is 9.62 Å². The van der Waals surface area contributed by atoms with E-state index in [4.69, 9.17) is 5.11 Å². The van der Waals surface area contributed by atoms with Gasteiger partial charge in [0.05, 0.1) is 6.54 Å². The van der Waals surface area contributed by atoms with Gasteiger partial charge in [-0.3, -0.25) is 4.79 Å². The van der Waals surface area contributed by atoms with Gasteiger partial charge in [-0.1, -0.05) is 0 Å². The van der Waals surface area contributed by atoms with Gasteiger partial charge in [0, 0.05) is 13.1 Å². The molecule has 23 heavy (non-hydrogen) atoms.